The Kier molecular flexibility index (Phi) is 4.93. The Morgan fingerprint density at radius 2 is 1.92 bits per heavy atom. The average molecular weight is 340 g/mol. The van der Waals surface area contributed by atoms with Crippen molar-refractivity contribution in [1.82, 2.24) is 10.3 Å². The lowest BCUT2D eigenvalue weighted by Gasteiger charge is -2.13. The molecule has 2 atom stereocenters. The van der Waals surface area contributed by atoms with Crippen molar-refractivity contribution in [3.05, 3.63) is 52.8 Å². The molecular weight excluding hydrogens is 316 g/mol. The van der Waals surface area contributed by atoms with Gasteiger partial charge in [0.05, 0.1) is 26.5 Å². The standard InChI is InChI=1S/C20H24N2O3/c1-12-10-21-18(13(2)19(12)25-4)11-22-20(23)17-9-16(17)14-5-7-15(24-3)8-6-14/h5-8,10,16-17H,9,11H2,1-4H3,(H,22,23)/t16-,17+/m0/s1. The fourth-order valence-corrected chi connectivity index (χ4v) is 3.26. The second-order valence-corrected chi connectivity index (χ2v) is 6.49. The Bertz CT molecular complexity index is 771. The number of carbonyl (C=O) groups excluding carboxylic acids is 1. The lowest BCUT2D eigenvalue weighted by molar-refractivity contribution is -0.122. The number of carbonyl (C=O) groups is 1. The monoisotopic (exact) mass is 340 g/mol. The van der Waals surface area contributed by atoms with Gasteiger partial charge in [0.1, 0.15) is 11.5 Å². The van der Waals surface area contributed by atoms with Crippen LogP contribution in [0.1, 0.15) is 34.7 Å². The zero-order valence-electron chi connectivity index (χ0n) is 15.1. The lowest BCUT2D eigenvalue weighted by atomic mass is 10.1. The number of pyridine rings is 1. The van der Waals surface area contributed by atoms with E-state index in [2.05, 4.69) is 10.3 Å². The highest BCUT2D eigenvalue weighted by Gasteiger charge is 2.43. The molecule has 1 aromatic carbocycles. The fourth-order valence-electron chi connectivity index (χ4n) is 3.26. The van der Waals surface area contributed by atoms with Gasteiger partial charge in [0.2, 0.25) is 5.91 Å². The Morgan fingerprint density at radius 1 is 1.20 bits per heavy atom. The van der Waals surface area contributed by atoms with Crippen LogP contribution in [0.5, 0.6) is 11.5 Å². The van der Waals surface area contributed by atoms with Crippen LogP contribution in [-0.4, -0.2) is 25.1 Å². The molecule has 0 spiro atoms. The molecule has 0 saturated heterocycles. The van der Waals surface area contributed by atoms with Crippen LogP contribution in [0.3, 0.4) is 0 Å². The third-order valence-electron chi connectivity index (χ3n) is 4.85. The third-order valence-corrected chi connectivity index (χ3v) is 4.85. The van der Waals surface area contributed by atoms with Gasteiger partial charge in [0, 0.05) is 23.2 Å². The van der Waals surface area contributed by atoms with Crippen LogP contribution in [0.25, 0.3) is 0 Å². The van der Waals surface area contributed by atoms with E-state index in [4.69, 9.17) is 9.47 Å². The van der Waals surface area contributed by atoms with E-state index in [1.54, 1.807) is 20.4 Å². The zero-order valence-corrected chi connectivity index (χ0v) is 15.1. The SMILES string of the molecule is COc1ccc([C@@H]2C[C@H]2C(=O)NCc2ncc(C)c(OC)c2C)cc1. The van der Waals surface area contributed by atoms with E-state index < -0.39 is 0 Å². The van der Waals surface area contributed by atoms with Crippen molar-refractivity contribution in [2.45, 2.75) is 32.7 Å². The summed E-state index contributed by atoms with van der Waals surface area (Å²) in [7, 11) is 3.31. The number of rotatable bonds is 6. The number of methoxy groups -OCH3 is 2. The summed E-state index contributed by atoms with van der Waals surface area (Å²) >= 11 is 0. The van der Waals surface area contributed by atoms with E-state index in [1.165, 1.54) is 5.56 Å². The topological polar surface area (TPSA) is 60.5 Å². The maximum atomic E-state index is 12.4. The Labute approximate surface area is 148 Å². The van der Waals surface area contributed by atoms with E-state index >= 15 is 0 Å². The first kappa shape index (κ1) is 17.3. The predicted molar refractivity (Wildman–Crippen MR) is 96.0 cm³/mol. The summed E-state index contributed by atoms with van der Waals surface area (Å²) in [4.78, 5) is 16.8. The fraction of sp³-hybridized carbons (Fsp3) is 0.400. The molecule has 3 rings (SSSR count). The van der Waals surface area contributed by atoms with Gasteiger partial charge in [-0.15, -0.1) is 0 Å². The number of aromatic nitrogens is 1. The van der Waals surface area contributed by atoms with Crippen molar-refractivity contribution in [1.29, 1.82) is 0 Å². The Morgan fingerprint density at radius 3 is 2.56 bits per heavy atom. The second kappa shape index (κ2) is 7.13. The molecule has 1 fully saturated rings. The summed E-state index contributed by atoms with van der Waals surface area (Å²) < 4.78 is 10.6. The molecule has 1 amide bonds. The zero-order chi connectivity index (χ0) is 18.0. The first-order valence-electron chi connectivity index (χ1n) is 8.46. The van der Waals surface area contributed by atoms with Crippen molar-refractivity contribution in [3.63, 3.8) is 0 Å². The van der Waals surface area contributed by atoms with Crippen molar-refractivity contribution < 1.29 is 14.3 Å². The molecule has 1 aromatic heterocycles. The Balaban J connectivity index is 1.59. The smallest absolute Gasteiger partial charge is 0.224 e. The number of hydrogen-bond donors (Lipinski definition) is 1. The molecule has 1 aliphatic carbocycles. The lowest BCUT2D eigenvalue weighted by Crippen LogP contribution is -2.26. The predicted octanol–water partition coefficient (Wildman–Crippen LogP) is 3.14. The van der Waals surface area contributed by atoms with E-state index in [0.29, 0.717) is 12.5 Å². The molecule has 0 bridgehead atoms. The van der Waals surface area contributed by atoms with Gasteiger partial charge in [-0.2, -0.15) is 0 Å². The number of nitrogens with one attached hydrogen (secondary N) is 1. The highest BCUT2D eigenvalue weighted by molar-refractivity contribution is 5.82. The second-order valence-electron chi connectivity index (χ2n) is 6.49. The molecular formula is C20H24N2O3. The highest BCUT2D eigenvalue weighted by Crippen LogP contribution is 2.47. The first-order valence-corrected chi connectivity index (χ1v) is 8.46. The van der Waals surface area contributed by atoms with Gasteiger partial charge < -0.3 is 14.8 Å². The quantitative estimate of drug-likeness (QED) is 0.878. The van der Waals surface area contributed by atoms with Crippen molar-refractivity contribution in [2.75, 3.05) is 14.2 Å². The number of aryl methyl sites for hydroxylation is 1. The summed E-state index contributed by atoms with van der Waals surface area (Å²) in [6, 6.07) is 7.95. The van der Waals surface area contributed by atoms with Gasteiger partial charge in [-0.05, 0) is 43.9 Å². The van der Waals surface area contributed by atoms with Gasteiger partial charge in [-0.25, -0.2) is 0 Å². The number of benzene rings is 1. The van der Waals surface area contributed by atoms with Gasteiger partial charge in [0.15, 0.2) is 0 Å². The molecule has 2 aromatic rings. The van der Waals surface area contributed by atoms with Crippen molar-refractivity contribution >= 4 is 5.91 Å². The van der Waals surface area contributed by atoms with Crippen LogP contribution in [0.15, 0.2) is 30.5 Å². The van der Waals surface area contributed by atoms with Crippen LogP contribution >= 0.6 is 0 Å². The molecule has 1 N–H and O–H groups in total. The molecule has 0 unspecified atom stereocenters. The number of nitrogens with zero attached hydrogens (tertiary/aromatic N) is 1. The number of ether oxygens (including phenoxy) is 2. The largest absolute Gasteiger partial charge is 0.497 e. The van der Waals surface area contributed by atoms with Crippen LogP contribution in [0.4, 0.5) is 0 Å². The maximum Gasteiger partial charge on any atom is 0.224 e. The van der Waals surface area contributed by atoms with Crippen LogP contribution in [0.2, 0.25) is 0 Å². The Hall–Kier alpha value is -2.56. The number of hydrogen-bond acceptors (Lipinski definition) is 4. The number of amides is 1. The molecule has 25 heavy (non-hydrogen) atoms. The minimum atomic E-state index is 0.0426. The third kappa shape index (κ3) is 3.60. The molecule has 1 heterocycles. The normalized spacial score (nSPS) is 18.6. The first-order chi connectivity index (χ1) is 12.0. The molecule has 1 saturated carbocycles. The highest BCUT2D eigenvalue weighted by atomic mass is 16.5. The maximum absolute atomic E-state index is 12.4. The molecule has 0 aliphatic heterocycles. The summed E-state index contributed by atoms with van der Waals surface area (Å²) in [6.07, 6.45) is 2.67. The molecule has 5 nitrogen and oxygen atoms in total. The van der Waals surface area contributed by atoms with Crippen LogP contribution in [-0.2, 0) is 11.3 Å². The summed E-state index contributed by atoms with van der Waals surface area (Å²) in [5, 5.41) is 3.01. The van der Waals surface area contributed by atoms with Crippen LogP contribution in [0, 0.1) is 19.8 Å². The minimum Gasteiger partial charge on any atom is -0.497 e. The van der Waals surface area contributed by atoms with E-state index in [-0.39, 0.29) is 11.8 Å². The molecule has 0 radical (unpaired) electrons. The summed E-state index contributed by atoms with van der Waals surface area (Å²) in [5.41, 5.74) is 4.01. The molecule has 1 aliphatic rings. The van der Waals surface area contributed by atoms with Crippen molar-refractivity contribution in [3.8, 4) is 11.5 Å². The van der Waals surface area contributed by atoms with E-state index in [0.717, 1.165) is 34.7 Å². The summed E-state index contributed by atoms with van der Waals surface area (Å²) in [6.45, 7) is 4.36. The van der Waals surface area contributed by atoms with E-state index in [1.807, 2.05) is 38.1 Å². The summed E-state index contributed by atoms with van der Waals surface area (Å²) in [5.74, 6) is 2.09. The van der Waals surface area contributed by atoms with Crippen LogP contribution < -0.4 is 14.8 Å². The van der Waals surface area contributed by atoms with Crippen molar-refractivity contribution in [2.24, 2.45) is 5.92 Å². The van der Waals surface area contributed by atoms with Gasteiger partial charge in [-0.1, -0.05) is 12.1 Å². The average Bonchev–Trinajstić information content (AvgIpc) is 3.42. The van der Waals surface area contributed by atoms with Gasteiger partial charge in [-0.3, -0.25) is 9.78 Å². The van der Waals surface area contributed by atoms with Gasteiger partial charge >= 0.3 is 0 Å². The molecule has 5 heteroatoms. The van der Waals surface area contributed by atoms with E-state index in [9.17, 15) is 4.79 Å². The molecule has 132 valence electrons. The minimum absolute atomic E-state index is 0.0426. The van der Waals surface area contributed by atoms with Gasteiger partial charge in [0.25, 0.3) is 0 Å².